The number of nitrogens with zero attached hydrogens (tertiary/aromatic N) is 3. The summed E-state index contributed by atoms with van der Waals surface area (Å²) in [5.74, 6) is -0.779. The van der Waals surface area contributed by atoms with Gasteiger partial charge in [-0.3, -0.25) is 14.5 Å². The van der Waals surface area contributed by atoms with E-state index in [9.17, 15) is 4.79 Å². The lowest BCUT2D eigenvalue weighted by Crippen LogP contribution is -2.71. The maximum atomic E-state index is 15.6. The molecule has 0 bridgehead atoms. The number of carbonyl (C=O) groups is 3. The van der Waals surface area contributed by atoms with Gasteiger partial charge in [0.15, 0.2) is 16.9 Å². The van der Waals surface area contributed by atoms with E-state index in [0.29, 0.717) is 23.2 Å². The molecular weight excluding hydrogens is 1080 g/mol. The van der Waals surface area contributed by atoms with E-state index in [-0.39, 0.29) is 23.2 Å². The van der Waals surface area contributed by atoms with Crippen LogP contribution in [0.5, 0.6) is 0 Å². The molecule has 3 aliphatic heterocycles. The number of thioether (sulfide) groups is 2. The van der Waals surface area contributed by atoms with Crippen molar-refractivity contribution in [1.82, 2.24) is 15.2 Å². The molecular formula is C68H57N5O6S3. The highest BCUT2D eigenvalue weighted by atomic mass is 32.2. The van der Waals surface area contributed by atoms with Crippen molar-refractivity contribution < 1.29 is 28.7 Å². The fourth-order valence-electron chi connectivity index (χ4n) is 11.0. The van der Waals surface area contributed by atoms with Gasteiger partial charge in [0.1, 0.15) is 28.3 Å². The lowest BCUT2D eigenvalue weighted by molar-refractivity contribution is -0.154. The van der Waals surface area contributed by atoms with E-state index in [1.54, 1.807) is 5.38 Å². The summed E-state index contributed by atoms with van der Waals surface area (Å²) in [4.78, 5) is 60.0. The van der Waals surface area contributed by atoms with Gasteiger partial charge < -0.3 is 24.9 Å². The Hall–Kier alpha value is -8.53. The van der Waals surface area contributed by atoms with Crippen LogP contribution in [0.3, 0.4) is 0 Å². The zero-order chi connectivity index (χ0) is 55.7. The zero-order valence-corrected chi connectivity index (χ0v) is 47.0. The number of amides is 2. The second-order valence-electron chi connectivity index (χ2n) is 20.0. The van der Waals surface area contributed by atoms with Crippen LogP contribution in [0.1, 0.15) is 69.1 Å². The summed E-state index contributed by atoms with van der Waals surface area (Å²) < 4.78 is 12.5. The number of oxime groups is 1. The summed E-state index contributed by atoms with van der Waals surface area (Å²) >= 11 is 4.31. The van der Waals surface area contributed by atoms with Gasteiger partial charge in [-0.2, -0.15) is 0 Å². The molecule has 0 aliphatic carbocycles. The number of fused-ring (bicyclic) bond motifs is 1. The monoisotopic (exact) mass is 1140 g/mol. The topological polar surface area (TPSA) is 131 Å². The average molecular weight is 1140 g/mol. The molecule has 82 heavy (non-hydrogen) atoms. The molecule has 9 aromatic rings. The van der Waals surface area contributed by atoms with Crippen LogP contribution < -0.4 is 10.6 Å². The van der Waals surface area contributed by atoms with E-state index in [1.165, 1.54) is 39.8 Å². The number of hydrogen-bond acceptors (Lipinski definition) is 12. The number of thiazole rings is 1. The van der Waals surface area contributed by atoms with Crippen LogP contribution in [-0.4, -0.2) is 69.0 Å². The molecule has 2 fully saturated rings. The number of benzene rings is 8. The summed E-state index contributed by atoms with van der Waals surface area (Å²) in [6, 6.07) is 78.0. The summed E-state index contributed by atoms with van der Waals surface area (Å²) in [5.41, 5.74) is 4.68. The van der Waals surface area contributed by atoms with Crippen LogP contribution in [-0.2, 0) is 39.8 Å². The van der Waals surface area contributed by atoms with Crippen molar-refractivity contribution in [2.75, 3.05) is 23.4 Å². The highest BCUT2D eigenvalue weighted by molar-refractivity contribution is 8.06. The minimum Gasteiger partial charge on any atom is -0.448 e. The fourth-order valence-corrected chi connectivity index (χ4v) is 14.4. The number of ether oxygens (including phenoxy) is 2. The van der Waals surface area contributed by atoms with Crippen molar-refractivity contribution in [3.63, 3.8) is 0 Å². The van der Waals surface area contributed by atoms with E-state index in [0.717, 1.165) is 62.3 Å². The predicted molar refractivity (Wildman–Crippen MR) is 326 cm³/mol. The van der Waals surface area contributed by atoms with Gasteiger partial charge in [0.05, 0.1) is 6.10 Å². The molecule has 408 valence electrons. The van der Waals surface area contributed by atoms with Crippen LogP contribution in [0.4, 0.5) is 5.13 Å². The van der Waals surface area contributed by atoms with Crippen LogP contribution >= 0.6 is 34.9 Å². The number of esters is 1. The van der Waals surface area contributed by atoms with Gasteiger partial charge in [0.25, 0.3) is 11.8 Å². The molecule has 2 unspecified atom stereocenters. The first-order chi connectivity index (χ1) is 40.4. The van der Waals surface area contributed by atoms with Gasteiger partial charge in [0, 0.05) is 45.1 Å². The summed E-state index contributed by atoms with van der Waals surface area (Å²) in [7, 11) is 0. The van der Waals surface area contributed by atoms with Gasteiger partial charge >= 0.3 is 5.97 Å². The molecule has 4 heterocycles. The summed E-state index contributed by atoms with van der Waals surface area (Å²) in [6.07, 6.45) is 1.15. The lowest BCUT2D eigenvalue weighted by Gasteiger charge is -2.49. The molecule has 12 rings (SSSR count). The number of rotatable bonds is 20. The third-order valence-electron chi connectivity index (χ3n) is 15.0. The van der Waals surface area contributed by atoms with Gasteiger partial charge in [-0.05, 0) is 40.7 Å². The van der Waals surface area contributed by atoms with Crippen molar-refractivity contribution in [2.24, 2.45) is 5.16 Å². The molecule has 8 aromatic carbocycles. The third-order valence-corrected chi connectivity index (χ3v) is 18.4. The lowest BCUT2D eigenvalue weighted by atomic mass is 9.77. The molecule has 0 radical (unpaired) electrons. The van der Waals surface area contributed by atoms with E-state index in [4.69, 9.17) is 24.5 Å². The second-order valence-corrected chi connectivity index (χ2v) is 23.1. The van der Waals surface area contributed by atoms with Crippen LogP contribution in [0, 0.1) is 0 Å². The number of β-lactam (4-membered cyclic amide) rings is 1. The van der Waals surface area contributed by atoms with E-state index < -0.39 is 46.4 Å². The number of hydrogen-bond donors (Lipinski definition) is 2. The molecule has 0 spiro atoms. The molecule has 2 amide bonds. The molecule has 2 saturated heterocycles. The Kier molecular flexibility index (Phi) is 16.3. The molecule has 3 aliphatic rings. The van der Waals surface area contributed by atoms with Crippen molar-refractivity contribution in [2.45, 2.75) is 47.6 Å². The molecule has 2 N–H and O–H groups in total. The van der Waals surface area contributed by atoms with E-state index in [2.05, 4.69) is 47.0 Å². The highest BCUT2D eigenvalue weighted by Gasteiger charge is 2.55. The first-order valence-corrected chi connectivity index (χ1v) is 30.2. The normalized spacial score (nSPS) is 17.2. The maximum absolute atomic E-state index is 15.6. The molecule has 14 heteroatoms. The molecule has 3 atom stereocenters. The molecule has 1 aromatic heterocycles. The Bertz CT molecular complexity index is 3460. The van der Waals surface area contributed by atoms with Gasteiger partial charge in [-0.15, -0.1) is 34.9 Å². The first-order valence-electron chi connectivity index (χ1n) is 27.3. The van der Waals surface area contributed by atoms with Crippen LogP contribution in [0.15, 0.2) is 264 Å². The fraction of sp³-hybridized carbons (Fsp3) is 0.162. The first kappa shape index (κ1) is 54.1. The second kappa shape index (κ2) is 24.7. The number of anilines is 1. The Balaban J connectivity index is 0.928. The van der Waals surface area contributed by atoms with Crippen molar-refractivity contribution in [1.29, 1.82) is 0 Å². The largest absolute Gasteiger partial charge is 0.448 e. The third kappa shape index (κ3) is 10.9. The van der Waals surface area contributed by atoms with E-state index >= 15 is 9.59 Å². The van der Waals surface area contributed by atoms with Crippen molar-refractivity contribution in [3.05, 3.63) is 309 Å². The Morgan fingerprint density at radius 2 is 1.12 bits per heavy atom. The number of aromatic nitrogens is 1. The van der Waals surface area contributed by atoms with Crippen molar-refractivity contribution >= 4 is 63.5 Å². The van der Waals surface area contributed by atoms with Crippen LogP contribution in [0.2, 0.25) is 0 Å². The maximum Gasteiger partial charge on any atom is 0.356 e. The SMILES string of the molecule is O=C(OC(c1ccccc1)c1ccccc1)C1=C(SCC2CCCO2)CS[C@@H]2C(NC(=O)/C(=N\OC(c3ccccc3)(c3ccccc3)c3ccccc3)c3csc(NC(c4ccccc4)(c4ccccc4)c4ccccc4)n3)C(=O)N12. The summed E-state index contributed by atoms with van der Waals surface area (Å²) in [6.45, 7) is 0.689. The van der Waals surface area contributed by atoms with Crippen molar-refractivity contribution in [3.8, 4) is 0 Å². The zero-order valence-electron chi connectivity index (χ0n) is 44.5. The van der Waals surface area contributed by atoms with Gasteiger partial charge in [-0.25, -0.2) is 9.78 Å². The molecule has 11 nitrogen and oxygen atoms in total. The Morgan fingerprint density at radius 3 is 1.59 bits per heavy atom. The number of carbonyl (C=O) groups excluding carboxylic acids is 3. The predicted octanol–water partition coefficient (Wildman–Crippen LogP) is 13.1. The highest BCUT2D eigenvalue weighted by Crippen LogP contribution is 2.46. The quantitative estimate of drug-likeness (QED) is 0.0250. The number of nitrogens with one attached hydrogen (secondary N) is 2. The van der Waals surface area contributed by atoms with Gasteiger partial charge in [-0.1, -0.05) is 248 Å². The minimum atomic E-state index is -1.37. The minimum absolute atomic E-state index is 0.0233. The summed E-state index contributed by atoms with van der Waals surface area (Å²) in [5, 5.41) is 13.5. The standard InChI is InChI=1S/C68H57N5O6S3/c74-62(70-59-63(75)73-60(57(46-81-64(59)73)80-44-55-42-25-43-77-55)65(76)78-61(47-26-9-1-10-27-47)48-28-11-2-12-29-48)58(72-79-68(52-36-19-6-20-37-52,53-38-21-7-22-39-53)54-40-23-8-24-41-54)56-45-82-66(69-56)71-67(49-30-13-3-14-31-49,50-32-15-4-16-33-50)51-34-17-5-18-35-51/h1-24,26-41,45,55,59,61,64H,25,42-44,46H2,(H,69,71)(H,70,74)/b72-58-/t55?,59?,64-/m1/s1. The van der Waals surface area contributed by atoms with E-state index in [1.807, 2.05) is 206 Å². The van der Waals surface area contributed by atoms with Gasteiger partial charge in [0.2, 0.25) is 5.60 Å². The molecule has 0 saturated carbocycles. The van der Waals surface area contributed by atoms with Crippen LogP contribution in [0.25, 0.3) is 0 Å². The average Bonchev–Trinajstić information content (AvgIpc) is 4.03. The Morgan fingerprint density at radius 1 is 0.659 bits per heavy atom. The Labute approximate surface area is 489 Å². The smallest absolute Gasteiger partial charge is 0.356 e.